The number of aromatic nitrogens is 5. The van der Waals surface area contributed by atoms with E-state index in [2.05, 4.69) is 25.6 Å². The number of hydrogen-bond acceptors (Lipinski definition) is 7. The quantitative estimate of drug-likeness (QED) is 0.393. The molecule has 0 spiro atoms. The van der Waals surface area contributed by atoms with Gasteiger partial charge in [-0.05, 0) is 24.8 Å². The van der Waals surface area contributed by atoms with E-state index in [1.54, 1.807) is 12.3 Å². The molecule has 0 saturated carbocycles. The lowest BCUT2D eigenvalue weighted by Gasteiger charge is -2.02. The lowest BCUT2D eigenvalue weighted by molar-refractivity contribution is 0.660. The van der Waals surface area contributed by atoms with Crippen molar-refractivity contribution in [3.63, 3.8) is 0 Å². The Hall–Kier alpha value is -1.87. The predicted molar refractivity (Wildman–Crippen MR) is 62.5 cm³/mol. The molecule has 17 heavy (non-hydrogen) atoms. The van der Waals surface area contributed by atoms with E-state index in [4.69, 9.17) is 5.84 Å². The molecule has 0 aromatic carbocycles. The first-order valence-corrected chi connectivity index (χ1v) is 5.69. The highest BCUT2D eigenvalue weighted by Crippen LogP contribution is 2.22. The van der Waals surface area contributed by atoms with Crippen LogP contribution in [0.25, 0.3) is 0 Å². The van der Waals surface area contributed by atoms with Crippen LogP contribution in [0.4, 0.5) is 5.95 Å². The highest BCUT2D eigenvalue weighted by Gasteiger charge is 2.09. The number of anilines is 1. The molecular formula is C8H11N7OS. The Bertz CT molecular complexity index is 563. The highest BCUT2D eigenvalue weighted by atomic mass is 32.2. The van der Waals surface area contributed by atoms with Crippen LogP contribution in [0.2, 0.25) is 0 Å². The first-order chi connectivity index (χ1) is 8.24. The molecule has 8 nitrogen and oxygen atoms in total. The molecule has 90 valence electrons. The Labute approximate surface area is 101 Å². The molecule has 2 aromatic rings. The van der Waals surface area contributed by atoms with Gasteiger partial charge < -0.3 is 0 Å². The van der Waals surface area contributed by atoms with Crippen molar-refractivity contribution in [2.75, 3.05) is 5.43 Å². The molecule has 0 saturated heterocycles. The number of aromatic amines is 1. The zero-order valence-electron chi connectivity index (χ0n) is 9.04. The van der Waals surface area contributed by atoms with Crippen LogP contribution in [0, 0.1) is 0 Å². The maximum absolute atomic E-state index is 11.4. The smallest absolute Gasteiger partial charge is 0.292 e. The Morgan fingerprint density at radius 3 is 3.18 bits per heavy atom. The first-order valence-electron chi connectivity index (χ1n) is 4.87. The molecule has 0 fully saturated rings. The van der Waals surface area contributed by atoms with Gasteiger partial charge in [0.05, 0.1) is 0 Å². The monoisotopic (exact) mass is 253 g/mol. The summed E-state index contributed by atoms with van der Waals surface area (Å²) in [5, 5.41) is 7.51. The Morgan fingerprint density at radius 2 is 2.47 bits per heavy atom. The van der Waals surface area contributed by atoms with E-state index in [0.717, 1.165) is 0 Å². The summed E-state index contributed by atoms with van der Waals surface area (Å²) in [4.78, 5) is 19.4. The van der Waals surface area contributed by atoms with Gasteiger partial charge >= 0.3 is 5.69 Å². The van der Waals surface area contributed by atoms with Crippen molar-refractivity contribution in [1.29, 1.82) is 0 Å². The SMILES string of the molecule is CCn1c(Sc2ccnc(NN)n2)n[nH]c1=O. The molecule has 0 aliphatic carbocycles. The molecule has 0 radical (unpaired) electrons. The molecule has 2 rings (SSSR count). The average Bonchev–Trinajstić information content (AvgIpc) is 2.70. The van der Waals surface area contributed by atoms with E-state index in [-0.39, 0.29) is 5.69 Å². The number of rotatable bonds is 4. The summed E-state index contributed by atoms with van der Waals surface area (Å²) in [6.45, 7) is 2.42. The van der Waals surface area contributed by atoms with Gasteiger partial charge in [-0.3, -0.25) is 9.99 Å². The number of nitrogens with two attached hydrogens (primary N) is 1. The van der Waals surface area contributed by atoms with Crippen molar-refractivity contribution in [2.45, 2.75) is 23.7 Å². The van der Waals surface area contributed by atoms with E-state index in [0.29, 0.717) is 22.7 Å². The third kappa shape index (κ3) is 2.45. The lowest BCUT2D eigenvalue weighted by Crippen LogP contribution is -2.16. The van der Waals surface area contributed by atoms with Crippen molar-refractivity contribution >= 4 is 17.7 Å². The summed E-state index contributed by atoms with van der Waals surface area (Å²) in [5.74, 6) is 5.53. The maximum atomic E-state index is 11.4. The summed E-state index contributed by atoms with van der Waals surface area (Å²) in [6, 6.07) is 1.71. The highest BCUT2D eigenvalue weighted by molar-refractivity contribution is 7.99. The van der Waals surface area contributed by atoms with Crippen LogP contribution in [0.3, 0.4) is 0 Å². The molecule has 4 N–H and O–H groups in total. The van der Waals surface area contributed by atoms with Gasteiger partial charge in [0.1, 0.15) is 5.03 Å². The molecular weight excluding hydrogens is 242 g/mol. The van der Waals surface area contributed by atoms with E-state index >= 15 is 0 Å². The van der Waals surface area contributed by atoms with Gasteiger partial charge in [-0.25, -0.2) is 25.7 Å². The molecule has 2 aromatic heterocycles. The molecule has 9 heteroatoms. The van der Waals surface area contributed by atoms with Crippen LogP contribution in [-0.4, -0.2) is 24.7 Å². The number of nitrogen functional groups attached to an aromatic ring is 1. The van der Waals surface area contributed by atoms with Gasteiger partial charge in [-0.15, -0.1) is 5.10 Å². The summed E-state index contributed by atoms with van der Waals surface area (Å²) in [7, 11) is 0. The van der Waals surface area contributed by atoms with Crippen molar-refractivity contribution < 1.29 is 0 Å². The van der Waals surface area contributed by atoms with Crippen molar-refractivity contribution in [2.24, 2.45) is 5.84 Å². The summed E-state index contributed by atoms with van der Waals surface area (Å²) < 4.78 is 1.52. The molecule has 0 aliphatic rings. The Balaban J connectivity index is 2.28. The normalized spacial score (nSPS) is 10.5. The van der Waals surface area contributed by atoms with Crippen molar-refractivity contribution in [3.8, 4) is 0 Å². The second-order valence-corrected chi connectivity index (χ2v) is 4.01. The van der Waals surface area contributed by atoms with Gasteiger partial charge in [-0.2, -0.15) is 0 Å². The molecule has 0 bridgehead atoms. The number of nitrogens with one attached hydrogen (secondary N) is 2. The van der Waals surface area contributed by atoms with Gasteiger partial charge in [0.2, 0.25) is 5.95 Å². The predicted octanol–water partition coefficient (Wildman–Crippen LogP) is -0.182. The van der Waals surface area contributed by atoms with Crippen LogP contribution in [0.5, 0.6) is 0 Å². The lowest BCUT2D eigenvalue weighted by atomic mass is 10.7. The summed E-state index contributed by atoms with van der Waals surface area (Å²) in [5.41, 5.74) is 2.12. The van der Waals surface area contributed by atoms with Crippen LogP contribution in [-0.2, 0) is 6.54 Å². The fourth-order valence-electron chi connectivity index (χ4n) is 1.22. The third-order valence-electron chi connectivity index (χ3n) is 1.99. The minimum Gasteiger partial charge on any atom is -0.292 e. The largest absolute Gasteiger partial charge is 0.343 e. The molecule has 0 atom stereocenters. The topological polar surface area (TPSA) is 115 Å². The summed E-state index contributed by atoms with van der Waals surface area (Å²) >= 11 is 1.26. The molecule has 2 heterocycles. The average molecular weight is 253 g/mol. The van der Waals surface area contributed by atoms with E-state index in [1.165, 1.54) is 16.3 Å². The zero-order chi connectivity index (χ0) is 12.3. The van der Waals surface area contributed by atoms with E-state index in [9.17, 15) is 4.79 Å². The van der Waals surface area contributed by atoms with Crippen LogP contribution in [0.1, 0.15) is 6.92 Å². The fraction of sp³-hybridized carbons (Fsp3) is 0.250. The number of hydrazine groups is 1. The van der Waals surface area contributed by atoms with Gasteiger partial charge in [0.15, 0.2) is 5.16 Å². The van der Waals surface area contributed by atoms with Crippen molar-refractivity contribution in [3.05, 3.63) is 22.7 Å². The zero-order valence-corrected chi connectivity index (χ0v) is 9.86. The van der Waals surface area contributed by atoms with Crippen LogP contribution in [0.15, 0.2) is 27.2 Å². The van der Waals surface area contributed by atoms with Gasteiger partial charge in [-0.1, -0.05) is 0 Å². The van der Waals surface area contributed by atoms with E-state index in [1.807, 2.05) is 6.92 Å². The Morgan fingerprint density at radius 1 is 1.65 bits per heavy atom. The number of H-pyrrole nitrogens is 1. The standard InChI is InChI=1S/C8H11N7OS/c1-2-15-7(16)13-14-8(15)17-5-3-4-10-6(11-5)12-9/h3-4H,2,9H2,1H3,(H,13,16)(H,10,11,12). The maximum Gasteiger partial charge on any atom is 0.343 e. The van der Waals surface area contributed by atoms with E-state index < -0.39 is 0 Å². The minimum atomic E-state index is -0.235. The number of hydrogen-bond donors (Lipinski definition) is 3. The first kappa shape index (κ1) is 11.6. The minimum absolute atomic E-state index is 0.235. The fourth-order valence-corrected chi connectivity index (χ4v) is 2.08. The molecule has 0 unspecified atom stereocenters. The number of nitrogens with zero attached hydrogens (tertiary/aromatic N) is 4. The van der Waals surface area contributed by atoms with Crippen molar-refractivity contribution in [1.82, 2.24) is 24.7 Å². The van der Waals surface area contributed by atoms with Crippen LogP contribution >= 0.6 is 11.8 Å². The second kappa shape index (κ2) is 4.97. The van der Waals surface area contributed by atoms with Gasteiger partial charge in [0, 0.05) is 12.7 Å². The molecule has 0 aliphatic heterocycles. The van der Waals surface area contributed by atoms with Gasteiger partial charge in [0.25, 0.3) is 0 Å². The Kier molecular flexibility index (Phi) is 3.40. The molecule has 0 amide bonds. The second-order valence-electron chi connectivity index (χ2n) is 3.02. The third-order valence-corrected chi connectivity index (χ3v) is 2.93. The van der Waals surface area contributed by atoms with Crippen LogP contribution < -0.4 is 17.0 Å². The summed E-state index contributed by atoms with van der Waals surface area (Å²) in [6.07, 6.45) is 1.57.